The summed E-state index contributed by atoms with van der Waals surface area (Å²) in [5.74, 6) is -2.36. The summed E-state index contributed by atoms with van der Waals surface area (Å²) in [6.45, 7) is 3.66. The predicted molar refractivity (Wildman–Crippen MR) is 104 cm³/mol. The quantitative estimate of drug-likeness (QED) is 0.590. The molecule has 3 amide bonds. The van der Waals surface area contributed by atoms with E-state index in [1.807, 2.05) is 32.0 Å². The van der Waals surface area contributed by atoms with Gasteiger partial charge in [-0.05, 0) is 43.2 Å². The Labute approximate surface area is 167 Å². The SMILES string of the molecule is Cc1cccc(N2C[C@H](C(=O)OCN3C(=O)c4ccccc4C3=O)CC2=O)c1C. The molecule has 29 heavy (non-hydrogen) atoms. The number of benzene rings is 2. The average molecular weight is 392 g/mol. The van der Waals surface area contributed by atoms with Gasteiger partial charge in [-0.15, -0.1) is 0 Å². The lowest BCUT2D eigenvalue weighted by molar-refractivity contribution is -0.151. The number of nitrogens with zero attached hydrogens (tertiary/aromatic N) is 2. The lowest BCUT2D eigenvalue weighted by atomic mass is 10.1. The average Bonchev–Trinajstić information content (AvgIpc) is 3.21. The Bertz CT molecular complexity index is 1010. The number of carbonyl (C=O) groups excluding carboxylic acids is 4. The molecule has 1 saturated heterocycles. The number of carbonyl (C=O) groups is 4. The number of rotatable bonds is 4. The van der Waals surface area contributed by atoms with Crippen LogP contribution in [0.2, 0.25) is 0 Å². The highest BCUT2D eigenvalue weighted by Crippen LogP contribution is 2.30. The molecular formula is C22H20N2O5. The second kappa shape index (κ2) is 7.16. The number of imide groups is 1. The number of anilines is 1. The summed E-state index contributed by atoms with van der Waals surface area (Å²) < 4.78 is 5.23. The summed E-state index contributed by atoms with van der Waals surface area (Å²) in [4.78, 5) is 52.2. The van der Waals surface area contributed by atoms with Crippen molar-refractivity contribution in [2.24, 2.45) is 5.92 Å². The van der Waals surface area contributed by atoms with Gasteiger partial charge in [-0.2, -0.15) is 0 Å². The van der Waals surface area contributed by atoms with E-state index in [0.717, 1.165) is 21.7 Å². The van der Waals surface area contributed by atoms with Gasteiger partial charge in [0.1, 0.15) is 0 Å². The Kier molecular flexibility index (Phi) is 4.66. The van der Waals surface area contributed by atoms with Gasteiger partial charge in [-0.3, -0.25) is 19.2 Å². The Hall–Kier alpha value is -3.48. The molecule has 1 fully saturated rings. The maximum Gasteiger partial charge on any atom is 0.313 e. The Morgan fingerprint density at radius 2 is 1.66 bits per heavy atom. The van der Waals surface area contributed by atoms with E-state index in [1.54, 1.807) is 29.2 Å². The topological polar surface area (TPSA) is 84.0 Å². The maximum atomic E-state index is 12.5. The molecule has 2 aromatic carbocycles. The lowest BCUT2D eigenvalue weighted by Crippen LogP contribution is -2.35. The molecule has 148 valence electrons. The summed E-state index contributed by atoms with van der Waals surface area (Å²) in [6, 6.07) is 12.2. The molecule has 2 aromatic rings. The van der Waals surface area contributed by atoms with Crippen LogP contribution >= 0.6 is 0 Å². The molecule has 0 radical (unpaired) electrons. The minimum atomic E-state index is -0.641. The lowest BCUT2D eigenvalue weighted by Gasteiger charge is -2.20. The van der Waals surface area contributed by atoms with E-state index in [-0.39, 0.29) is 18.9 Å². The van der Waals surface area contributed by atoms with E-state index in [0.29, 0.717) is 11.1 Å². The number of esters is 1. The minimum Gasteiger partial charge on any atom is -0.443 e. The second-order valence-corrected chi connectivity index (χ2v) is 7.30. The highest BCUT2D eigenvalue weighted by Gasteiger charge is 2.39. The molecule has 1 atom stereocenters. The first-order valence-electron chi connectivity index (χ1n) is 9.37. The third-order valence-electron chi connectivity index (χ3n) is 5.54. The van der Waals surface area contributed by atoms with Gasteiger partial charge in [-0.25, -0.2) is 4.90 Å². The van der Waals surface area contributed by atoms with Crippen LogP contribution in [0.5, 0.6) is 0 Å². The molecule has 0 aliphatic carbocycles. The fourth-order valence-corrected chi connectivity index (χ4v) is 3.73. The van der Waals surface area contributed by atoms with Gasteiger partial charge in [-0.1, -0.05) is 24.3 Å². The van der Waals surface area contributed by atoms with Crippen LogP contribution in [0.4, 0.5) is 5.69 Å². The first-order valence-corrected chi connectivity index (χ1v) is 9.37. The highest BCUT2D eigenvalue weighted by atomic mass is 16.5. The third kappa shape index (κ3) is 3.18. The van der Waals surface area contributed by atoms with E-state index in [4.69, 9.17) is 4.74 Å². The van der Waals surface area contributed by atoms with Crippen molar-refractivity contribution in [3.05, 3.63) is 64.7 Å². The van der Waals surface area contributed by atoms with Crippen molar-refractivity contribution in [3.63, 3.8) is 0 Å². The number of fused-ring (bicyclic) bond motifs is 1. The van der Waals surface area contributed by atoms with Crippen LogP contribution in [-0.4, -0.2) is 41.9 Å². The van der Waals surface area contributed by atoms with E-state index >= 15 is 0 Å². The molecule has 0 unspecified atom stereocenters. The largest absolute Gasteiger partial charge is 0.443 e. The molecule has 0 N–H and O–H groups in total. The smallest absolute Gasteiger partial charge is 0.313 e. The van der Waals surface area contributed by atoms with Crippen molar-refractivity contribution in [3.8, 4) is 0 Å². The van der Waals surface area contributed by atoms with Crippen LogP contribution < -0.4 is 4.90 Å². The zero-order valence-corrected chi connectivity index (χ0v) is 16.2. The van der Waals surface area contributed by atoms with Crippen LogP contribution in [-0.2, 0) is 14.3 Å². The number of hydrogen-bond acceptors (Lipinski definition) is 5. The molecule has 2 heterocycles. The summed E-state index contributed by atoms with van der Waals surface area (Å²) in [7, 11) is 0. The Morgan fingerprint density at radius 3 is 2.31 bits per heavy atom. The monoisotopic (exact) mass is 392 g/mol. The highest BCUT2D eigenvalue weighted by molar-refractivity contribution is 6.21. The molecule has 0 aromatic heterocycles. The van der Waals surface area contributed by atoms with Crippen LogP contribution in [0.15, 0.2) is 42.5 Å². The predicted octanol–water partition coefficient (Wildman–Crippen LogP) is 2.45. The maximum absolute atomic E-state index is 12.5. The normalized spacial score (nSPS) is 18.4. The second-order valence-electron chi connectivity index (χ2n) is 7.30. The van der Waals surface area contributed by atoms with Crippen molar-refractivity contribution in [2.75, 3.05) is 18.2 Å². The molecule has 0 bridgehead atoms. The molecule has 0 saturated carbocycles. The van der Waals surface area contributed by atoms with Gasteiger partial charge in [0, 0.05) is 18.7 Å². The van der Waals surface area contributed by atoms with Gasteiger partial charge in [0.2, 0.25) is 5.91 Å². The van der Waals surface area contributed by atoms with Crippen LogP contribution in [0.3, 0.4) is 0 Å². The Morgan fingerprint density at radius 1 is 1.00 bits per heavy atom. The molecule has 4 rings (SSSR count). The van der Waals surface area contributed by atoms with Crippen molar-refractivity contribution >= 4 is 29.4 Å². The van der Waals surface area contributed by atoms with E-state index in [2.05, 4.69) is 0 Å². The van der Waals surface area contributed by atoms with E-state index in [1.165, 1.54) is 0 Å². The summed E-state index contributed by atoms with van der Waals surface area (Å²) in [5.41, 5.74) is 3.43. The number of amides is 3. The molecular weight excluding hydrogens is 372 g/mol. The van der Waals surface area contributed by atoms with Gasteiger partial charge >= 0.3 is 5.97 Å². The zero-order chi connectivity index (χ0) is 20.7. The molecule has 7 nitrogen and oxygen atoms in total. The standard InChI is InChI=1S/C22H20N2O5/c1-13-6-5-9-18(14(13)2)23-11-15(10-19(23)25)22(28)29-12-24-20(26)16-7-3-4-8-17(16)21(24)27/h3-9,15H,10-12H2,1-2H3/t15-/m1/s1. The van der Waals surface area contributed by atoms with Gasteiger partial charge in [0.25, 0.3) is 11.8 Å². The van der Waals surface area contributed by atoms with Crippen molar-refractivity contribution < 1.29 is 23.9 Å². The first kappa shape index (κ1) is 18.9. The third-order valence-corrected chi connectivity index (χ3v) is 5.54. The molecule has 2 aliphatic heterocycles. The van der Waals surface area contributed by atoms with Crippen LogP contribution in [0, 0.1) is 19.8 Å². The molecule has 2 aliphatic rings. The zero-order valence-electron chi connectivity index (χ0n) is 16.2. The molecule has 0 spiro atoms. The summed E-state index contributed by atoms with van der Waals surface area (Å²) in [5, 5.41) is 0. The van der Waals surface area contributed by atoms with Crippen LogP contribution in [0.25, 0.3) is 0 Å². The van der Waals surface area contributed by atoms with Gasteiger partial charge < -0.3 is 9.64 Å². The number of hydrogen-bond donors (Lipinski definition) is 0. The van der Waals surface area contributed by atoms with E-state index < -0.39 is 30.4 Å². The minimum absolute atomic E-state index is 0.0360. The van der Waals surface area contributed by atoms with Gasteiger partial charge in [0.15, 0.2) is 6.73 Å². The van der Waals surface area contributed by atoms with Crippen molar-refractivity contribution in [2.45, 2.75) is 20.3 Å². The van der Waals surface area contributed by atoms with Gasteiger partial charge in [0.05, 0.1) is 17.0 Å². The fraction of sp³-hybridized carbons (Fsp3) is 0.273. The van der Waals surface area contributed by atoms with Crippen molar-refractivity contribution in [1.29, 1.82) is 0 Å². The molecule has 7 heteroatoms. The van der Waals surface area contributed by atoms with Crippen LogP contribution in [0.1, 0.15) is 38.3 Å². The van der Waals surface area contributed by atoms with Crippen molar-refractivity contribution in [1.82, 2.24) is 4.90 Å². The Balaban J connectivity index is 1.41. The fourth-order valence-electron chi connectivity index (χ4n) is 3.73. The summed E-state index contributed by atoms with van der Waals surface area (Å²) in [6.07, 6.45) is 0.0360. The number of aryl methyl sites for hydroxylation is 1. The van der Waals surface area contributed by atoms with E-state index in [9.17, 15) is 19.2 Å². The first-order chi connectivity index (χ1) is 13.9. The summed E-state index contributed by atoms with van der Waals surface area (Å²) >= 11 is 0. The number of ether oxygens (including phenoxy) is 1.